The zero-order valence-electron chi connectivity index (χ0n) is 11.5. The van der Waals surface area contributed by atoms with Gasteiger partial charge in [-0.1, -0.05) is 44.0 Å². The van der Waals surface area contributed by atoms with Gasteiger partial charge in [0.2, 0.25) is 0 Å². The highest BCUT2D eigenvalue weighted by atomic mass is 16.5. The second-order valence-corrected chi connectivity index (χ2v) is 5.42. The molecule has 2 heteroatoms. The van der Waals surface area contributed by atoms with Gasteiger partial charge in [-0.15, -0.1) is 0 Å². The minimum atomic E-state index is -0.680. The Labute approximate surface area is 110 Å². The molecule has 0 aromatic heterocycles. The Morgan fingerprint density at radius 2 is 1.89 bits per heavy atom. The molecule has 0 spiro atoms. The predicted octanol–water partition coefficient (Wildman–Crippen LogP) is 3.11. The van der Waals surface area contributed by atoms with Gasteiger partial charge in [-0.2, -0.15) is 0 Å². The zero-order chi connectivity index (χ0) is 13.0. The average molecular weight is 248 g/mol. The van der Waals surface area contributed by atoms with Gasteiger partial charge in [0.05, 0.1) is 11.7 Å². The number of ether oxygens (including phenoxy) is 1. The molecule has 0 amide bonds. The number of hydrogen-bond acceptors (Lipinski definition) is 2. The molecule has 0 aliphatic heterocycles. The lowest BCUT2D eigenvalue weighted by Crippen LogP contribution is -2.47. The summed E-state index contributed by atoms with van der Waals surface area (Å²) >= 11 is 0. The molecule has 18 heavy (non-hydrogen) atoms. The summed E-state index contributed by atoms with van der Waals surface area (Å²) in [5.41, 5.74) is 1.87. The van der Waals surface area contributed by atoms with Gasteiger partial charge in [0.1, 0.15) is 0 Å². The number of methoxy groups -OCH3 is 1. The van der Waals surface area contributed by atoms with Gasteiger partial charge < -0.3 is 9.84 Å². The number of hydrogen-bond donors (Lipinski definition) is 1. The van der Waals surface area contributed by atoms with E-state index in [2.05, 4.69) is 31.2 Å². The van der Waals surface area contributed by atoms with E-state index in [9.17, 15) is 5.11 Å². The van der Waals surface area contributed by atoms with Crippen molar-refractivity contribution in [3.8, 4) is 0 Å². The first kappa shape index (κ1) is 13.6. The van der Waals surface area contributed by atoms with Crippen LogP contribution in [0.3, 0.4) is 0 Å². The lowest BCUT2D eigenvalue weighted by Gasteiger charge is -2.39. The van der Waals surface area contributed by atoms with Gasteiger partial charge in [-0.25, -0.2) is 0 Å². The van der Waals surface area contributed by atoms with Gasteiger partial charge in [0.15, 0.2) is 0 Å². The van der Waals surface area contributed by atoms with Crippen molar-refractivity contribution in [3.05, 3.63) is 35.4 Å². The molecule has 1 fully saturated rings. The van der Waals surface area contributed by atoms with Crippen molar-refractivity contribution >= 4 is 0 Å². The topological polar surface area (TPSA) is 29.5 Å². The molecular formula is C16H24O2. The van der Waals surface area contributed by atoms with Crippen molar-refractivity contribution in [1.29, 1.82) is 0 Å². The van der Waals surface area contributed by atoms with E-state index in [1.807, 2.05) is 0 Å². The van der Waals surface area contributed by atoms with Crippen LogP contribution in [-0.4, -0.2) is 23.9 Å². The largest absolute Gasteiger partial charge is 0.387 e. The van der Waals surface area contributed by atoms with Crippen molar-refractivity contribution in [2.75, 3.05) is 7.11 Å². The number of aryl methyl sites for hydroxylation is 1. The maximum absolute atomic E-state index is 10.8. The fraction of sp³-hybridized carbons (Fsp3) is 0.625. The molecule has 2 unspecified atom stereocenters. The first-order chi connectivity index (χ1) is 8.68. The van der Waals surface area contributed by atoms with Crippen molar-refractivity contribution in [2.24, 2.45) is 0 Å². The summed E-state index contributed by atoms with van der Waals surface area (Å²) in [5, 5.41) is 10.8. The molecule has 0 radical (unpaired) electrons. The van der Waals surface area contributed by atoms with Crippen molar-refractivity contribution in [1.82, 2.24) is 0 Å². The molecule has 2 nitrogen and oxygen atoms in total. The second kappa shape index (κ2) is 5.85. The molecule has 0 heterocycles. The van der Waals surface area contributed by atoms with Crippen molar-refractivity contribution in [3.63, 3.8) is 0 Å². The maximum Gasteiger partial charge on any atom is 0.0948 e. The van der Waals surface area contributed by atoms with Crippen LogP contribution in [0, 0.1) is 0 Å². The van der Waals surface area contributed by atoms with Crippen molar-refractivity contribution in [2.45, 2.75) is 57.2 Å². The summed E-state index contributed by atoms with van der Waals surface area (Å²) in [6.07, 6.45) is 5.83. The Kier molecular flexibility index (Phi) is 4.41. The molecule has 1 aliphatic rings. The number of rotatable bonds is 4. The normalized spacial score (nSPS) is 28.3. The molecule has 1 aromatic carbocycles. The van der Waals surface area contributed by atoms with Crippen LogP contribution >= 0.6 is 0 Å². The lowest BCUT2D eigenvalue weighted by atomic mass is 9.78. The van der Waals surface area contributed by atoms with Crippen LogP contribution in [0.5, 0.6) is 0 Å². The third-order valence-electron chi connectivity index (χ3n) is 4.15. The highest BCUT2D eigenvalue weighted by Gasteiger charge is 2.39. The molecule has 2 rings (SSSR count). The third-order valence-corrected chi connectivity index (χ3v) is 4.15. The molecule has 1 N–H and O–H groups in total. The summed E-state index contributed by atoms with van der Waals surface area (Å²) in [6, 6.07) is 8.59. The van der Waals surface area contributed by atoms with E-state index in [-0.39, 0.29) is 6.10 Å². The minimum Gasteiger partial charge on any atom is -0.387 e. The molecule has 1 aliphatic carbocycles. The van der Waals surface area contributed by atoms with E-state index in [4.69, 9.17) is 4.74 Å². The predicted molar refractivity (Wildman–Crippen MR) is 73.7 cm³/mol. The molecule has 1 aromatic rings. The molecule has 100 valence electrons. The van der Waals surface area contributed by atoms with Gasteiger partial charge in [0.25, 0.3) is 0 Å². The molecule has 1 saturated carbocycles. The van der Waals surface area contributed by atoms with Gasteiger partial charge in [-0.3, -0.25) is 0 Å². The molecule has 0 saturated heterocycles. The van der Waals surface area contributed by atoms with Crippen LogP contribution < -0.4 is 0 Å². The summed E-state index contributed by atoms with van der Waals surface area (Å²) < 4.78 is 5.47. The Bertz CT molecular complexity index is 371. The van der Waals surface area contributed by atoms with Crippen LogP contribution in [0.1, 0.15) is 43.7 Å². The van der Waals surface area contributed by atoms with Crippen LogP contribution in [0.15, 0.2) is 24.3 Å². The van der Waals surface area contributed by atoms with Gasteiger partial charge in [0, 0.05) is 13.5 Å². The minimum absolute atomic E-state index is 0.0166. The Balaban J connectivity index is 2.09. The highest BCUT2D eigenvalue weighted by Crippen LogP contribution is 2.33. The molecular weight excluding hydrogens is 224 g/mol. The van der Waals surface area contributed by atoms with E-state index >= 15 is 0 Å². The zero-order valence-corrected chi connectivity index (χ0v) is 11.5. The third kappa shape index (κ3) is 2.93. The average Bonchev–Trinajstić information content (AvgIpc) is 2.40. The SMILES string of the molecule is CCc1ccc(CC2(O)CCCCC2OC)cc1. The monoisotopic (exact) mass is 248 g/mol. The number of benzene rings is 1. The summed E-state index contributed by atoms with van der Waals surface area (Å²) in [4.78, 5) is 0. The van der Waals surface area contributed by atoms with E-state index in [0.29, 0.717) is 6.42 Å². The standard InChI is InChI=1S/C16H24O2/c1-3-13-7-9-14(10-8-13)12-16(17)11-5-4-6-15(16)18-2/h7-10,15,17H,3-6,11-12H2,1-2H3. The Morgan fingerprint density at radius 3 is 2.50 bits per heavy atom. The quantitative estimate of drug-likeness (QED) is 0.887. The van der Waals surface area contributed by atoms with E-state index < -0.39 is 5.60 Å². The van der Waals surface area contributed by atoms with Crippen molar-refractivity contribution < 1.29 is 9.84 Å². The van der Waals surface area contributed by atoms with Crippen LogP contribution in [0.25, 0.3) is 0 Å². The fourth-order valence-corrected chi connectivity index (χ4v) is 2.98. The fourth-order valence-electron chi connectivity index (χ4n) is 2.98. The summed E-state index contributed by atoms with van der Waals surface area (Å²) in [7, 11) is 1.71. The summed E-state index contributed by atoms with van der Waals surface area (Å²) in [5.74, 6) is 0. The summed E-state index contributed by atoms with van der Waals surface area (Å²) in [6.45, 7) is 2.16. The Hall–Kier alpha value is -0.860. The lowest BCUT2D eigenvalue weighted by molar-refractivity contribution is -0.116. The van der Waals surface area contributed by atoms with E-state index in [0.717, 1.165) is 32.1 Å². The maximum atomic E-state index is 10.8. The molecule has 2 atom stereocenters. The van der Waals surface area contributed by atoms with Crippen LogP contribution in [0.4, 0.5) is 0 Å². The van der Waals surface area contributed by atoms with Crippen LogP contribution in [-0.2, 0) is 17.6 Å². The first-order valence-corrected chi connectivity index (χ1v) is 7.01. The smallest absolute Gasteiger partial charge is 0.0948 e. The Morgan fingerprint density at radius 1 is 1.22 bits per heavy atom. The van der Waals surface area contributed by atoms with E-state index in [1.165, 1.54) is 11.1 Å². The number of aliphatic hydroxyl groups is 1. The van der Waals surface area contributed by atoms with Crippen LogP contribution in [0.2, 0.25) is 0 Å². The highest BCUT2D eigenvalue weighted by molar-refractivity contribution is 5.24. The van der Waals surface area contributed by atoms with Gasteiger partial charge in [-0.05, 0) is 30.4 Å². The first-order valence-electron chi connectivity index (χ1n) is 7.01. The molecule has 0 bridgehead atoms. The van der Waals surface area contributed by atoms with E-state index in [1.54, 1.807) is 7.11 Å². The second-order valence-electron chi connectivity index (χ2n) is 5.42. The van der Waals surface area contributed by atoms with Gasteiger partial charge >= 0.3 is 0 Å².